The van der Waals surface area contributed by atoms with Gasteiger partial charge in [-0.1, -0.05) is 17.7 Å². The fraction of sp³-hybridized carbons (Fsp3) is 0.167. The standard InChI is InChI=1S/C18H16N2O2/c1-12-6-7-17-15(9-12)16(10-13(2)20-17)18(21)22-11-14-5-3-4-8-19-14/h3-10H,11H2,1-2H3. The lowest BCUT2D eigenvalue weighted by Crippen LogP contribution is -2.08. The zero-order chi connectivity index (χ0) is 15.5. The monoisotopic (exact) mass is 292 g/mol. The summed E-state index contributed by atoms with van der Waals surface area (Å²) in [6.07, 6.45) is 1.68. The van der Waals surface area contributed by atoms with Gasteiger partial charge in [-0.15, -0.1) is 0 Å². The van der Waals surface area contributed by atoms with Crippen molar-refractivity contribution < 1.29 is 9.53 Å². The number of carbonyl (C=O) groups is 1. The number of carbonyl (C=O) groups excluding carboxylic acids is 1. The number of hydrogen-bond acceptors (Lipinski definition) is 4. The van der Waals surface area contributed by atoms with E-state index in [1.54, 1.807) is 12.3 Å². The first kappa shape index (κ1) is 14.2. The van der Waals surface area contributed by atoms with Crippen molar-refractivity contribution >= 4 is 16.9 Å². The van der Waals surface area contributed by atoms with E-state index in [1.165, 1.54) is 0 Å². The molecule has 0 aliphatic rings. The summed E-state index contributed by atoms with van der Waals surface area (Å²) in [5, 5.41) is 0.816. The molecule has 0 saturated heterocycles. The van der Waals surface area contributed by atoms with E-state index in [9.17, 15) is 4.79 Å². The Morgan fingerprint density at radius 3 is 2.77 bits per heavy atom. The first-order valence-electron chi connectivity index (χ1n) is 7.08. The Hall–Kier alpha value is -2.75. The molecule has 1 aromatic carbocycles. The predicted octanol–water partition coefficient (Wildman–Crippen LogP) is 3.60. The molecule has 0 radical (unpaired) electrons. The van der Waals surface area contributed by atoms with Crippen LogP contribution in [-0.4, -0.2) is 15.9 Å². The molecule has 0 atom stereocenters. The van der Waals surface area contributed by atoms with Crippen LogP contribution in [0.3, 0.4) is 0 Å². The SMILES string of the molecule is Cc1ccc2nc(C)cc(C(=O)OCc3ccccn3)c2c1. The third-order valence-corrected chi connectivity index (χ3v) is 3.39. The molecule has 0 saturated carbocycles. The molecule has 0 aliphatic carbocycles. The molecule has 0 aliphatic heterocycles. The minimum absolute atomic E-state index is 0.161. The molecule has 110 valence electrons. The molecule has 0 unspecified atom stereocenters. The fourth-order valence-electron chi connectivity index (χ4n) is 2.34. The molecule has 0 N–H and O–H groups in total. The number of ether oxygens (including phenoxy) is 1. The van der Waals surface area contributed by atoms with E-state index in [0.717, 1.165) is 27.9 Å². The molecule has 0 bridgehead atoms. The number of esters is 1. The van der Waals surface area contributed by atoms with Crippen LogP contribution in [0, 0.1) is 13.8 Å². The smallest absolute Gasteiger partial charge is 0.339 e. The van der Waals surface area contributed by atoms with Gasteiger partial charge in [-0.3, -0.25) is 9.97 Å². The van der Waals surface area contributed by atoms with E-state index in [1.807, 2.05) is 50.2 Å². The number of rotatable bonds is 3. The number of pyridine rings is 2. The van der Waals surface area contributed by atoms with Gasteiger partial charge >= 0.3 is 5.97 Å². The first-order chi connectivity index (χ1) is 10.6. The van der Waals surface area contributed by atoms with Crippen molar-refractivity contribution in [2.75, 3.05) is 0 Å². The van der Waals surface area contributed by atoms with Crippen LogP contribution in [-0.2, 0) is 11.3 Å². The maximum Gasteiger partial charge on any atom is 0.339 e. The Kier molecular flexibility index (Phi) is 3.83. The van der Waals surface area contributed by atoms with Crippen molar-refractivity contribution in [3.05, 3.63) is 71.2 Å². The van der Waals surface area contributed by atoms with Crippen molar-refractivity contribution in [2.45, 2.75) is 20.5 Å². The summed E-state index contributed by atoms with van der Waals surface area (Å²) in [6.45, 7) is 4.02. The Balaban J connectivity index is 1.91. The summed E-state index contributed by atoms with van der Waals surface area (Å²) in [5.74, 6) is -0.355. The van der Waals surface area contributed by atoms with Gasteiger partial charge in [-0.2, -0.15) is 0 Å². The lowest BCUT2D eigenvalue weighted by atomic mass is 10.1. The van der Waals surface area contributed by atoms with E-state index < -0.39 is 0 Å². The van der Waals surface area contributed by atoms with Gasteiger partial charge in [0.15, 0.2) is 0 Å². The summed E-state index contributed by atoms with van der Waals surface area (Å²) in [7, 11) is 0. The summed E-state index contributed by atoms with van der Waals surface area (Å²) in [5.41, 5.74) is 3.94. The van der Waals surface area contributed by atoms with Crippen LogP contribution in [0.2, 0.25) is 0 Å². The predicted molar refractivity (Wildman–Crippen MR) is 84.6 cm³/mol. The maximum absolute atomic E-state index is 12.4. The fourth-order valence-corrected chi connectivity index (χ4v) is 2.34. The molecular weight excluding hydrogens is 276 g/mol. The van der Waals surface area contributed by atoms with Crippen LogP contribution in [0.25, 0.3) is 10.9 Å². The molecule has 0 amide bonds. The molecule has 22 heavy (non-hydrogen) atoms. The van der Waals surface area contributed by atoms with Gasteiger partial charge in [-0.25, -0.2) is 4.79 Å². The molecule has 3 rings (SSSR count). The molecule has 2 aromatic heterocycles. The Morgan fingerprint density at radius 1 is 1.14 bits per heavy atom. The average molecular weight is 292 g/mol. The van der Waals surface area contributed by atoms with Crippen molar-refractivity contribution in [3.63, 3.8) is 0 Å². The number of benzene rings is 1. The van der Waals surface area contributed by atoms with E-state index in [0.29, 0.717) is 5.56 Å². The Labute approximate surface area is 128 Å². The quantitative estimate of drug-likeness (QED) is 0.692. The second kappa shape index (κ2) is 5.93. The largest absolute Gasteiger partial charge is 0.456 e. The van der Waals surface area contributed by atoms with Crippen molar-refractivity contribution in [2.24, 2.45) is 0 Å². The second-order valence-corrected chi connectivity index (χ2v) is 5.23. The topological polar surface area (TPSA) is 52.1 Å². The van der Waals surface area contributed by atoms with Gasteiger partial charge in [0.2, 0.25) is 0 Å². The maximum atomic E-state index is 12.4. The van der Waals surface area contributed by atoms with Crippen LogP contribution >= 0.6 is 0 Å². The van der Waals surface area contributed by atoms with Gasteiger partial charge in [0.1, 0.15) is 6.61 Å². The lowest BCUT2D eigenvalue weighted by molar-refractivity contribution is 0.0470. The summed E-state index contributed by atoms with van der Waals surface area (Å²) in [6, 6.07) is 13.2. The molecular formula is C18H16N2O2. The highest BCUT2D eigenvalue weighted by Gasteiger charge is 2.14. The van der Waals surface area contributed by atoms with Crippen LogP contribution in [0.4, 0.5) is 0 Å². The Morgan fingerprint density at radius 2 is 2.00 bits per heavy atom. The van der Waals surface area contributed by atoms with Crippen molar-refractivity contribution in [1.82, 2.24) is 9.97 Å². The number of aromatic nitrogens is 2. The van der Waals surface area contributed by atoms with Gasteiger partial charge in [0.05, 0.1) is 16.8 Å². The minimum Gasteiger partial charge on any atom is -0.456 e. The number of hydrogen-bond donors (Lipinski definition) is 0. The molecule has 3 aromatic rings. The number of nitrogens with zero attached hydrogens (tertiary/aromatic N) is 2. The van der Waals surface area contributed by atoms with E-state index in [-0.39, 0.29) is 12.6 Å². The van der Waals surface area contributed by atoms with Crippen LogP contribution in [0.1, 0.15) is 27.3 Å². The molecule has 4 nitrogen and oxygen atoms in total. The minimum atomic E-state index is -0.355. The zero-order valence-corrected chi connectivity index (χ0v) is 12.5. The second-order valence-electron chi connectivity index (χ2n) is 5.23. The molecule has 2 heterocycles. The lowest BCUT2D eigenvalue weighted by Gasteiger charge is -2.09. The summed E-state index contributed by atoms with van der Waals surface area (Å²) < 4.78 is 5.39. The van der Waals surface area contributed by atoms with Gasteiger partial charge in [0, 0.05) is 17.3 Å². The number of fused-ring (bicyclic) bond motifs is 1. The van der Waals surface area contributed by atoms with Crippen molar-refractivity contribution in [3.8, 4) is 0 Å². The van der Waals surface area contributed by atoms with Gasteiger partial charge in [0.25, 0.3) is 0 Å². The van der Waals surface area contributed by atoms with Gasteiger partial charge < -0.3 is 4.74 Å². The number of aryl methyl sites for hydroxylation is 2. The van der Waals surface area contributed by atoms with Crippen molar-refractivity contribution in [1.29, 1.82) is 0 Å². The van der Waals surface area contributed by atoms with Crippen LogP contribution in [0.15, 0.2) is 48.7 Å². The highest BCUT2D eigenvalue weighted by Crippen LogP contribution is 2.21. The third kappa shape index (κ3) is 2.96. The van der Waals surface area contributed by atoms with Crippen LogP contribution < -0.4 is 0 Å². The normalized spacial score (nSPS) is 10.6. The van der Waals surface area contributed by atoms with E-state index in [4.69, 9.17) is 4.74 Å². The molecule has 4 heteroatoms. The average Bonchev–Trinajstić information content (AvgIpc) is 2.53. The van der Waals surface area contributed by atoms with Gasteiger partial charge in [-0.05, 0) is 44.2 Å². The van der Waals surface area contributed by atoms with E-state index >= 15 is 0 Å². The van der Waals surface area contributed by atoms with E-state index in [2.05, 4.69) is 9.97 Å². The summed E-state index contributed by atoms with van der Waals surface area (Å²) >= 11 is 0. The highest BCUT2D eigenvalue weighted by atomic mass is 16.5. The molecule has 0 fully saturated rings. The zero-order valence-electron chi connectivity index (χ0n) is 12.5. The summed E-state index contributed by atoms with van der Waals surface area (Å²) in [4.78, 5) is 21.0. The first-order valence-corrected chi connectivity index (χ1v) is 7.08. The highest BCUT2D eigenvalue weighted by molar-refractivity contribution is 6.03. The Bertz CT molecular complexity index is 829. The molecule has 0 spiro atoms. The van der Waals surface area contributed by atoms with Crippen LogP contribution in [0.5, 0.6) is 0 Å². The third-order valence-electron chi connectivity index (χ3n) is 3.39.